The molecular weight excluding hydrogens is 568 g/mol. The molecule has 0 radical (unpaired) electrons. The smallest absolute Gasteiger partial charge is 0.237 e. The summed E-state index contributed by atoms with van der Waals surface area (Å²) in [5.41, 5.74) is -0.407. The standard InChI is InChI=1S/C31H38Cl2FN3O4/c1-28(2,3)15-23-31(19-13-21(34)20(33)14-22(19)36-27(31)39)24(17-8-7-9-18(32)12-17)25(37-23)26(38)35-11-10-30(6)16-40-29(4,5)41-30/h7-9,12-14,23-25,37H,10-11,15-16H2,1-6H3,(H,35,38)(H,36,39)/t23-,24+,25-,30+,31+/m1/s1. The van der Waals surface area contributed by atoms with Crippen molar-refractivity contribution in [3.05, 3.63) is 63.4 Å². The molecule has 3 heterocycles. The van der Waals surface area contributed by atoms with Crippen molar-refractivity contribution in [2.75, 3.05) is 18.5 Å². The van der Waals surface area contributed by atoms with E-state index in [0.717, 1.165) is 0 Å². The van der Waals surface area contributed by atoms with Gasteiger partial charge < -0.3 is 25.4 Å². The van der Waals surface area contributed by atoms with Crippen molar-refractivity contribution >= 4 is 40.7 Å². The molecule has 1 spiro atoms. The van der Waals surface area contributed by atoms with Crippen LogP contribution in [0.2, 0.25) is 10.0 Å². The van der Waals surface area contributed by atoms with E-state index in [4.69, 9.17) is 32.7 Å². The van der Waals surface area contributed by atoms with E-state index in [-0.39, 0.29) is 22.3 Å². The summed E-state index contributed by atoms with van der Waals surface area (Å²) >= 11 is 12.6. The number of fused-ring (bicyclic) bond motifs is 2. The first kappa shape index (κ1) is 30.2. The molecule has 0 aliphatic carbocycles. The number of ether oxygens (including phenoxy) is 2. The highest BCUT2D eigenvalue weighted by Crippen LogP contribution is 2.57. The van der Waals surface area contributed by atoms with Gasteiger partial charge in [-0.3, -0.25) is 9.59 Å². The zero-order valence-corrected chi connectivity index (χ0v) is 25.8. The molecule has 7 nitrogen and oxygen atoms in total. The topological polar surface area (TPSA) is 88.7 Å². The monoisotopic (exact) mass is 605 g/mol. The molecular formula is C31H38Cl2FN3O4. The second-order valence-electron chi connectivity index (χ2n) is 13.4. The van der Waals surface area contributed by atoms with E-state index in [9.17, 15) is 9.59 Å². The average Bonchev–Trinajstić information content (AvgIpc) is 3.43. The molecule has 3 N–H and O–H groups in total. The number of nitrogens with one attached hydrogen (secondary N) is 3. The van der Waals surface area contributed by atoms with Gasteiger partial charge in [-0.1, -0.05) is 56.1 Å². The van der Waals surface area contributed by atoms with Gasteiger partial charge in [-0.25, -0.2) is 4.39 Å². The minimum Gasteiger partial charge on any atom is -0.355 e. The number of carbonyl (C=O) groups excluding carboxylic acids is 2. The van der Waals surface area contributed by atoms with Crippen molar-refractivity contribution < 1.29 is 23.5 Å². The van der Waals surface area contributed by atoms with Crippen molar-refractivity contribution in [1.29, 1.82) is 0 Å². The second kappa shape index (κ2) is 10.5. The third-order valence-electron chi connectivity index (χ3n) is 8.36. The van der Waals surface area contributed by atoms with Crippen LogP contribution in [0.4, 0.5) is 10.1 Å². The molecule has 2 saturated heterocycles. The number of hydrogen-bond donors (Lipinski definition) is 3. The Balaban J connectivity index is 1.56. The zero-order valence-electron chi connectivity index (χ0n) is 24.3. The van der Waals surface area contributed by atoms with Crippen LogP contribution in [0.15, 0.2) is 36.4 Å². The van der Waals surface area contributed by atoms with Crippen LogP contribution in [0, 0.1) is 11.2 Å². The van der Waals surface area contributed by atoms with Crippen LogP contribution in [0.25, 0.3) is 0 Å². The molecule has 5 atom stereocenters. The fraction of sp³-hybridized carbons (Fsp3) is 0.548. The third kappa shape index (κ3) is 5.62. The summed E-state index contributed by atoms with van der Waals surface area (Å²) < 4.78 is 26.9. The summed E-state index contributed by atoms with van der Waals surface area (Å²) in [5, 5.41) is 9.95. The van der Waals surface area contributed by atoms with E-state index < -0.39 is 40.6 Å². The highest BCUT2D eigenvalue weighted by atomic mass is 35.5. The first-order valence-electron chi connectivity index (χ1n) is 14.0. The van der Waals surface area contributed by atoms with Crippen molar-refractivity contribution in [3.8, 4) is 0 Å². The Morgan fingerprint density at radius 1 is 1.17 bits per heavy atom. The lowest BCUT2D eigenvalue weighted by atomic mass is 9.62. The van der Waals surface area contributed by atoms with Crippen LogP contribution < -0.4 is 16.0 Å². The molecule has 2 fully saturated rings. The largest absolute Gasteiger partial charge is 0.355 e. The molecule has 3 aliphatic rings. The Labute approximate surface area is 250 Å². The third-order valence-corrected chi connectivity index (χ3v) is 8.89. The van der Waals surface area contributed by atoms with Crippen molar-refractivity contribution in [2.24, 2.45) is 5.41 Å². The van der Waals surface area contributed by atoms with Crippen LogP contribution in [0.5, 0.6) is 0 Å². The Morgan fingerprint density at radius 2 is 1.90 bits per heavy atom. The summed E-state index contributed by atoms with van der Waals surface area (Å²) in [4.78, 5) is 28.2. The maximum Gasteiger partial charge on any atom is 0.237 e. The van der Waals surface area contributed by atoms with Gasteiger partial charge in [0.1, 0.15) is 11.2 Å². The normalized spacial score (nSPS) is 30.5. The first-order chi connectivity index (χ1) is 19.0. The lowest BCUT2D eigenvalue weighted by Gasteiger charge is -2.37. The van der Waals surface area contributed by atoms with Gasteiger partial charge in [0, 0.05) is 29.2 Å². The maximum absolute atomic E-state index is 15.0. The molecule has 2 amide bonds. The summed E-state index contributed by atoms with van der Waals surface area (Å²) in [7, 11) is 0. The highest BCUT2D eigenvalue weighted by molar-refractivity contribution is 6.31. The molecule has 2 aromatic rings. The summed E-state index contributed by atoms with van der Waals surface area (Å²) in [6, 6.07) is 8.68. The van der Waals surface area contributed by atoms with Gasteiger partial charge >= 0.3 is 0 Å². The predicted octanol–water partition coefficient (Wildman–Crippen LogP) is 5.93. The van der Waals surface area contributed by atoms with E-state index in [1.54, 1.807) is 18.2 Å². The van der Waals surface area contributed by atoms with Crippen LogP contribution in [-0.2, 0) is 24.5 Å². The van der Waals surface area contributed by atoms with Crippen LogP contribution in [-0.4, -0.2) is 48.4 Å². The minimum absolute atomic E-state index is 0.0807. The number of amides is 2. The summed E-state index contributed by atoms with van der Waals surface area (Å²) in [6.07, 6.45) is 1.09. The van der Waals surface area contributed by atoms with Gasteiger partial charge in [-0.05, 0) is 74.4 Å². The van der Waals surface area contributed by atoms with Crippen molar-refractivity contribution in [3.63, 3.8) is 0 Å². The van der Waals surface area contributed by atoms with E-state index in [1.165, 1.54) is 12.1 Å². The maximum atomic E-state index is 15.0. The quantitative estimate of drug-likeness (QED) is 0.380. The number of benzene rings is 2. The number of halogens is 3. The van der Waals surface area contributed by atoms with Gasteiger partial charge in [0.25, 0.3) is 0 Å². The minimum atomic E-state index is -1.29. The van der Waals surface area contributed by atoms with Gasteiger partial charge in [0.05, 0.1) is 23.3 Å². The molecule has 222 valence electrons. The number of hydrogen-bond acceptors (Lipinski definition) is 5. The Hall–Kier alpha value is -2.23. The predicted molar refractivity (Wildman–Crippen MR) is 158 cm³/mol. The lowest BCUT2D eigenvalue weighted by molar-refractivity contribution is -0.158. The average molecular weight is 607 g/mol. The lowest BCUT2D eigenvalue weighted by Crippen LogP contribution is -2.49. The number of rotatable bonds is 6. The second-order valence-corrected chi connectivity index (χ2v) is 14.3. The van der Waals surface area contributed by atoms with E-state index >= 15 is 4.39 Å². The van der Waals surface area contributed by atoms with Crippen molar-refractivity contribution in [2.45, 2.75) is 89.2 Å². The van der Waals surface area contributed by atoms with Gasteiger partial charge in [0.15, 0.2) is 5.79 Å². The number of anilines is 1. The molecule has 0 saturated carbocycles. The van der Waals surface area contributed by atoms with E-state index in [0.29, 0.717) is 47.8 Å². The summed E-state index contributed by atoms with van der Waals surface area (Å²) in [6.45, 7) is 12.7. The molecule has 3 aliphatic heterocycles. The SMILES string of the molecule is CC(C)(C)C[C@H]1N[C@@H](C(=O)NCC[C@@]2(C)COC(C)(C)O2)[C@H](c2cccc(Cl)c2)[C@@]12C(=O)Nc1cc(Cl)c(F)cc12. The summed E-state index contributed by atoms with van der Waals surface area (Å²) in [5.74, 6) is -2.55. The molecule has 2 aromatic carbocycles. The molecule has 0 unspecified atom stereocenters. The molecule has 10 heteroatoms. The van der Waals surface area contributed by atoms with Crippen LogP contribution >= 0.6 is 23.2 Å². The zero-order chi connectivity index (χ0) is 30.0. The van der Waals surface area contributed by atoms with E-state index in [1.807, 2.05) is 26.8 Å². The van der Waals surface area contributed by atoms with Gasteiger partial charge in [0.2, 0.25) is 11.8 Å². The molecule has 0 aromatic heterocycles. The van der Waals surface area contributed by atoms with Gasteiger partial charge in [-0.2, -0.15) is 0 Å². The fourth-order valence-corrected chi connectivity index (χ4v) is 7.16. The van der Waals surface area contributed by atoms with Crippen LogP contribution in [0.1, 0.15) is 71.4 Å². The highest BCUT2D eigenvalue weighted by Gasteiger charge is 2.66. The molecule has 41 heavy (non-hydrogen) atoms. The Kier molecular flexibility index (Phi) is 7.74. The van der Waals surface area contributed by atoms with Gasteiger partial charge in [-0.15, -0.1) is 0 Å². The van der Waals surface area contributed by atoms with E-state index in [2.05, 4.69) is 36.7 Å². The van der Waals surface area contributed by atoms with Crippen molar-refractivity contribution in [1.82, 2.24) is 10.6 Å². The fourth-order valence-electron chi connectivity index (χ4n) is 6.80. The van der Waals surface area contributed by atoms with Crippen LogP contribution in [0.3, 0.4) is 0 Å². The number of carbonyl (C=O) groups is 2. The first-order valence-corrected chi connectivity index (χ1v) is 14.7. The molecule has 0 bridgehead atoms. The molecule has 5 rings (SSSR count). The Morgan fingerprint density at radius 3 is 2.54 bits per heavy atom. The Bertz CT molecular complexity index is 1380.